The van der Waals surface area contributed by atoms with Gasteiger partial charge in [0.1, 0.15) is 12.4 Å². The average molecular weight is 225 g/mol. The summed E-state index contributed by atoms with van der Waals surface area (Å²) >= 11 is 1.47. The van der Waals surface area contributed by atoms with Crippen LogP contribution in [0.2, 0.25) is 0 Å². The topological polar surface area (TPSA) is 73.3 Å². The third-order valence-corrected chi connectivity index (χ3v) is 2.65. The third kappa shape index (κ3) is 2.79. The van der Waals surface area contributed by atoms with Crippen LogP contribution >= 0.6 is 11.3 Å². The van der Waals surface area contributed by atoms with Crippen molar-refractivity contribution >= 4 is 16.5 Å². The van der Waals surface area contributed by atoms with E-state index < -0.39 is 0 Å². The molecule has 2 rings (SSSR count). The van der Waals surface area contributed by atoms with Crippen LogP contribution in [-0.4, -0.2) is 4.98 Å². The van der Waals surface area contributed by atoms with Crippen molar-refractivity contribution in [2.75, 3.05) is 5.43 Å². The standard InChI is InChI=1S/C9H11N3O2S/c10-12-9-11-4-8(15-9)6-13-5-7-2-1-3-14-7/h1-4H,5-6,10H2,(H,11,12). The van der Waals surface area contributed by atoms with Crippen LogP contribution in [0.25, 0.3) is 0 Å². The fourth-order valence-corrected chi connectivity index (χ4v) is 1.75. The minimum atomic E-state index is 0.469. The molecule has 0 fully saturated rings. The number of nitrogens with zero attached hydrogens (tertiary/aromatic N) is 1. The normalized spacial score (nSPS) is 10.5. The van der Waals surface area contributed by atoms with Crippen LogP contribution < -0.4 is 11.3 Å². The molecule has 0 radical (unpaired) electrons. The van der Waals surface area contributed by atoms with Gasteiger partial charge in [-0.25, -0.2) is 10.8 Å². The zero-order valence-electron chi connectivity index (χ0n) is 7.97. The smallest absolute Gasteiger partial charge is 0.197 e. The number of ether oxygens (including phenoxy) is 1. The summed E-state index contributed by atoms with van der Waals surface area (Å²) in [6.45, 7) is 0.982. The molecule has 0 aromatic carbocycles. The molecular weight excluding hydrogens is 214 g/mol. The van der Waals surface area contributed by atoms with E-state index in [1.165, 1.54) is 11.3 Å². The van der Waals surface area contributed by atoms with Crippen molar-refractivity contribution in [2.24, 2.45) is 5.84 Å². The van der Waals surface area contributed by atoms with Crippen molar-refractivity contribution < 1.29 is 9.15 Å². The van der Waals surface area contributed by atoms with Crippen molar-refractivity contribution in [1.29, 1.82) is 0 Å². The number of anilines is 1. The van der Waals surface area contributed by atoms with Crippen molar-refractivity contribution in [1.82, 2.24) is 4.98 Å². The van der Waals surface area contributed by atoms with E-state index in [4.69, 9.17) is 15.0 Å². The zero-order chi connectivity index (χ0) is 10.5. The SMILES string of the molecule is NNc1ncc(COCc2ccco2)s1. The lowest BCUT2D eigenvalue weighted by molar-refractivity contribution is 0.0947. The number of rotatable bonds is 5. The van der Waals surface area contributed by atoms with Gasteiger partial charge in [-0.05, 0) is 12.1 Å². The molecule has 0 aliphatic carbocycles. The Hall–Kier alpha value is -1.37. The van der Waals surface area contributed by atoms with Crippen molar-refractivity contribution in [2.45, 2.75) is 13.2 Å². The Morgan fingerprint density at radius 3 is 3.13 bits per heavy atom. The Morgan fingerprint density at radius 2 is 2.47 bits per heavy atom. The van der Waals surface area contributed by atoms with Gasteiger partial charge >= 0.3 is 0 Å². The molecule has 5 nitrogen and oxygen atoms in total. The molecule has 0 bridgehead atoms. The molecule has 2 aromatic rings. The van der Waals surface area contributed by atoms with Gasteiger partial charge in [-0.2, -0.15) is 0 Å². The van der Waals surface area contributed by atoms with E-state index >= 15 is 0 Å². The van der Waals surface area contributed by atoms with Gasteiger partial charge in [-0.3, -0.25) is 5.43 Å². The van der Waals surface area contributed by atoms with Gasteiger partial charge < -0.3 is 9.15 Å². The summed E-state index contributed by atoms with van der Waals surface area (Å²) in [6, 6.07) is 3.71. The second-order valence-electron chi connectivity index (χ2n) is 2.85. The van der Waals surface area contributed by atoms with Crippen molar-refractivity contribution in [3.05, 3.63) is 35.2 Å². The van der Waals surface area contributed by atoms with E-state index in [9.17, 15) is 0 Å². The average Bonchev–Trinajstić information content (AvgIpc) is 2.88. The number of nitrogens with one attached hydrogen (secondary N) is 1. The Labute approximate surface area is 90.8 Å². The van der Waals surface area contributed by atoms with Crippen LogP contribution in [0.5, 0.6) is 0 Å². The molecule has 0 saturated heterocycles. The van der Waals surface area contributed by atoms with Crippen LogP contribution in [-0.2, 0) is 18.0 Å². The molecule has 3 N–H and O–H groups in total. The monoisotopic (exact) mass is 225 g/mol. The van der Waals surface area contributed by atoms with Crippen LogP contribution in [0.1, 0.15) is 10.6 Å². The fourth-order valence-electron chi connectivity index (χ4n) is 1.09. The fraction of sp³-hybridized carbons (Fsp3) is 0.222. The van der Waals surface area contributed by atoms with Crippen LogP contribution in [0, 0.1) is 0 Å². The van der Waals surface area contributed by atoms with Crippen LogP contribution in [0.15, 0.2) is 29.0 Å². The first-order chi connectivity index (χ1) is 7.38. The minimum absolute atomic E-state index is 0.469. The molecule has 6 heteroatoms. The summed E-state index contributed by atoms with van der Waals surface area (Å²) in [5, 5.41) is 0.687. The van der Waals surface area contributed by atoms with E-state index in [1.807, 2.05) is 12.1 Å². The number of nitrogens with two attached hydrogens (primary N) is 1. The Morgan fingerprint density at radius 1 is 1.53 bits per heavy atom. The minimum Gasteiger partial charge on any atom is -0.467 e. The second-order valence-corrected chi connectivity index (χ2v) is 3.96. The number of aromatic nitrogens is 1. The highest BCUT2D eigenvalue weighted by molar-refractivity contribution is 7.15. The van der Waals surface area contributed by atoms with Gasteiger partial charge in [0, 0.05) is 6.20 Å². The molecule has 0 aliphatic heterocycles. The molecule has 2 heterocycles. The first-order valence-corrected chi connectivity index (χ1v) is 5.21. The maximum Gasteiger partial charge on any atom is 0.197 e. The number of hydrazine groups is 1. The lowest BCUT2D eigenvalue weighted by Gasteiger charge is -1.98. The first-order valence-electron chi connectivity index (χ1n) is 4.40. The Balaban J connectivity index is 1.78. The van der Waals surface area contributed by atoms with Crippen LogP contribution in [0.3, 0.4) is 0 Å². The second kappa shape index (κ2) is 4.92. The predicted octanol–water partition coefficient (Wildman–Crippen LogP) is 1.74. The first kappa shape index (κ1) is 10.2. The highest BCUT2D eigenvalue weighted by Crippen LogP contribution is 2.18. The van der Waals surface area contributed by atoms with Gasteiger partial charge in [0.25, 0.3) is 0 Å². The molecule has 0 spiro atoms. The molecule has 80 valence electrons. The van der Waals surface area contributed by atoms with Gasteiger partial charge in [-0.15, -0.1) is 0 Å². The largest absolute Gasteiger partial charge is 0.467 e. The van der Waals surface area contributed by atoms with E-state index in [2.05, 4.69) is 10.4 Å². The van der Waals surface area contributed by atoms with Gasteiger partial charge in [0.15, 0.2) is 5.13 Å². The molecule has 0 saturated carbocycles. The molecule has 0 unspecified atom stereocenters. The molecule has 0 amide bonds. The number of furan rings is 1. The van der Waals surface area contributed by atoms with Crippen molar-refractivity contribution in [3.8, 4) is 0 Å². The Bertz CT molecular complexity index is 399. The Kier molecular flexibility index (Phi) is 3.33. The zero-order valence-corrected chi connectivity index (χ0v) is 8.79. The number of nitrogen functional groups attached to an aromatic ring is 1. The van der Waals surface area contributed by atoms with Crippen LogP contribution in [0.4, 0.5) is 5.13 Å². The van der Waals surface area contributed by atoms with E-state index in [-0.39, 0.29) is 0 Å². The van der Waals surface area contributed by atoms with Gasteiger partial charge in [0.2, 0.25) is 0 Å². The van der Waals surface area contributed by atoms with E-state index in [0.717, 1.165) is 10.6 Å². The van der Waals surface area contributed by atoms with E-state index in [1.54, 1.807) is 12.5 Å². The maximum atomic E-state index is 5.43. The number of hydrogen-bond donors (Lipinski definition) is 2. The van der Waals surface area contributed by atoms with Gasteiger partial charge in [-0.1, -0.05) is 11.3 Å². The van der Waals surface area contributed by atoms with Crippen molar-refractivity contribution in [3.63, 3.8) is 0 Å². The summed E-state index contributed by atoms with van der Waals surface area (Å²) in [7, 11) is 0. The molecular formula is C9H11N3O2S. The number of hydrogen-bond acceptors (Lipinski definition) is 6. The lowest BCUT2D eigenvalue weighted by atomic mass is 10.5. The summed E-state index contributed by atoms with van der Waals surface area (Å²) in [4.78, 5) is 5.05. The molecule has 15 heavy (non-hydrogen) atoms. The van der Waals surface area contributed by atoms with Gasteiger partial charge in [0.05, 0.1) is 17.7 Å². The maximum absolute atomic E-state index is 5.43. The molecule has 2 aromatic heterocycles. The summed E-state index contributed by atoms with van der Waals surface area (Å²) in [6.07, 6.45) is 3.36. The summed E-state index contributed by atoms with van der Waals surface area (Å²) in [5.74, 6) is 6.03. The predicted molar refractivity (Wildman–Crippen MR) is 57.1 cm³/mol. The quantitative estimate of drug-likeness (QED) is 0.599. The number of thiazole rings is 1. The van der Waals surface area contributed by atoms with E-state index in [0.29, 0.717) is 18.3 Å². The molecule has 0 atom stereocenters. The third-order valence-electron chi connectivity index (χ3n) is 1.75. The summed E-state index contributed by atoms with van der Waals surface area (Å²) in [5.41, 5.74) is 2.48. The lowest BCUT2D eigenvalue weighted by Crippen LogP contribution is -2.05. The molecule has 0 aliphatic rings. The summed E-state index contributed by atoms with van der Waals surface area (Å²) < 4.78 is 10.6. The highest BCUT2D eigenvalue weighted by atomic mass is 32.1. The highest BCUT2D eigenvalue weighted by Gasteiger charge is 2.01.